The number of nitrogens with zero attached hydrogens (tertiary/aromatic N) is 2. The smallest absolute Gasteiger partial charge is 0.252 e. The number of carbonyl (C=O) groups excluding carboxylic acids is 1. The van der Waals surface area contributed by atoms with Gasteiger partial charge in [-0.2, -0.15) is 0 Å². The Morgan fingerprint density at radius 1 is 1.43 bits per heavy atom. The summed E-state index contributed by atoms with van der Waals surface area (Å²) in [4.78, 5) is 20.7. The van der Waals surface area contributed by atoms with Crippen LogP contribution in [0.1, 0.15) is 41.7 Å². The number of halogens is 1. The molecule has 2 N–H and O–H groups in total. The molecule has 21 heavy (non-hydrogen) atoms. The largest absolute Gasteiger partial charge is 0.370 e. The van der Waals surface area contributed by atoms with Crippen molar-refractivity contribution in [2.24, 2.45) is 0 Å². The molecule has 0 aliphatic rings. The molecule has 0 spiro atoms. The van der Waals surface area contributed by atoms with Gasteiger partial charge in [-0.05, 0) is 25.5 Å². The number of aromatic nitrogens is 2. The molecule has 0 bridgehead atoms. The van der Waals surface area contributed by atoms with Gasteiger partial charge in [-0.1, -0.05) is 18.5 Å². The number of hydrogen-bond donors (Lipinski definition) is 2. The molecule has 5 nitrogen and oxygen atoms in total. The van der Waals surface area contributed by atoms with Crippen LogP contribution < -0.4 is 10.6 Å². The third-order valence-corrected chi connectivity index (χ3v) is 3.96. The van der Waals surface area contributed by atoms with Gasteiger partial charge < -0.3 is 10.6 Å². The Kier molecular flexibility index (Phi) is 5.52. The van der Waals surface area contributed by atoms with E-state index in [1.165, 1.54) is 11.3 Å². The molecule has 2 heterocycles. The van der Waals surface area contributed by atoms with Crippen LogP contribution in [0.4, 0.5) is 5.82 Å². The average molecular weight is 325 g/mol. The van der Waals surface area contributed by atoms with E-state index in [9.17, 15) is 4.79 Å². The topological polar surface area (TPSA) is 66.9 Å². The Morgan fingerprint density at radius 2 is 2.24 bits per heavy atom. The van der Waals surface area contributed by atoms with E-state index in [0.717, 1.165) is 11.4 Å². The summed E-state index contributed by atoms with van der Waals surface area (Å²) in [7, 11) is 0. The van der Waals surface area contributed by atoms with E-state index in [-0.39, 0.29) is 11.9 Å². The fourth-order valence-electron chi connectivity index (χ4n) is 1.89. The lowest BCUT2D eigenvalue weighted by atomic mass is 10.2. The molecule has 1 unspecified atom stereocenters. The van der Waals surface area contributed by atoms with Gasteiger partial charge in [0.2, 0.25) is 0 Å². The van der Waals surface area contributed by atoms with E-state index in [1.54, 1.807) is 18.3 Å². The predicted molar refractivity (Wildman–Crippen MR) is 86.0 cm³/mol. The monoisotopic (exact) mass is 324 g/mol. The zero-order valence-electron chi connectivity index (χ0n) is 11.9. The Balaban J connectivity index is 2.15. The molecule has 0 aliphatic heterocycles. The molecule has 0 aromatic carbocycles. The lowest BCUT2D eigenvalue weighted by Gasteiger charge is -2.15. The molecule has 2 aromatic rings. The molecule has 7 heteroatoms. The molecule has 0 saturated heterocycles. The van der Waals surface area contributed by atoms with Gasteiger partial charge >= 0.3 is 0 Å². The second kappa shape index (κ2) is 7.38. The maximum atomic E-state index is 12.4. The highest BCUT2D eigenvalue weighted by Crippen LogP contribution is 2.20. The maximum Gasteiger partial charge on any atom is 0.252 e. The van der Waals surface area contributed by atoms with E-state index < -0.39 is 0 Å². The summed E-state index contributed by atoms with van der Waals surface area (Å²) in [6, 6.07) is 3.16. The first kappa shape index (κ1) is 15.7. The summed E-state index contributed by atoms with van der Waals surface area (Å²) in [6.07, 6.45) is 2.51. The van der Waals surface area contributed by atoms with Crippen molar-refractivity contribution in [2.45, 2.75) is 26.3 Å². The van der Waals surface area contributed by atoms with Crippen LogP contribution in [0.5, 0.6) is 0 Å². The lowest BCUT2D eigenvalue weighted by molar-refractivity contribution is 0.0935. The summed E-state index contributed by atoms with van der Waals surface area (Å²) >= 11 is 7.49. The number of thiazole rings is 1. The number of rotatable bonds is 6. The zero-order valence-corrected chi connectivity index (χ0v) is 13.5. The van der Waals surface area contributed by atoms with Crippen molar-refractivity contribution in [3.8, 4) is 0 Å². The van der Waals surface area contributed by atoms with Gasteiger partial charge in [0.15, 0.2) is 0 Å². The summed E-state index contributed by atoms with van der Waals surface area (Å²) in [5, 5.41) is 9.12. The molecule has 0 saturated carbocycles. The van der Waals surface area contributed by atoms with Gasteiger partial charge in [0.25, 0.3) is 5.91 Å². The van der Waals surface area contributed by atoms with Crippen LogP contribution in [0, 0.1) is 0 Å². The van der Waals surface area contributed by atoms with Gasteiger partial charge in [0.05, 0.1) is 6.04 Å². The molecule has 0 radical (unpaired) electrons. The molecule has 0 aliphatic carbocycles. The average Bonchev–Trinajstić information content (AvgIpc) is 2.98. The van der Waals surface area contributed by atoms with E-state index in [0.29, 0.717) is 23.1 Å². The minimum atomic E-state index is -0.180. The minimum Gasteiger partial charge on any atom is -0.370 e. The van der Waals surface area contributed by atoms with Gasteiger partial charge in [0.1, 0.15) is 16.0 Å². The van der Waals surface area contributed by atoms with Crippen molar-refractivity contribution < 1.29 is 4.79 Å². The predicted octanol–water partition coefficient (Wildman–Crippen LogP) is 3.50. The van der Waals surface area contributed by atoms with Gasteiger partial charge in [-0.25, -0.2) is 9.97 Å². The fourth-order valence-corrected chi connectivity index (χ4v) is 2.87. The molecule has 112 valence electrons. The highest BCUT2D eigenvalue weighted by Gasteiger charge is 2.17. The van der Waals surface area contributed by atoms with Crippen LogP contribution in [0.2, 0.25) is 5.15 Å². The lowest BCUT2D eigenvalue weighted by Crippen LogP contribution is -2.28. The summed E-state index contributed by atoms with van der Waals surface area (Å²) in [6.45, 7) is 4.68. The van der Waals surface area contributed by atoms with Crippen molar-refractivity contribution >= 4 is 34.7 Å². The first-order valence-corrected chi connectivity index (χ1v) is 8.01. The molecule has 0 fully saturated rings. The number of carbonyl (C=O) groups is 1. The third-order valence-electron chi connectivity index (χ3n) is 2.88. The third kappa shape index (κ3) is 4.15. The number of hydrogen-bond acceptors (Lipinski definition) is 5. The van der Waals surface area contributed by atoms with Gasteiger partial charge in [-0.3, -0.25) is 4.79 Å². The van der Waals surface area contributed by atoms with Crippen LogP contribution in [0.15, 0.2) is 23.7 Å². The standard InChI is InChI=1S/C14H17ClN4OS/c1-3-10(14-17-5-6-21-14)18-13(20)9-7-11(15)19-12(8-9)16-4-2/h5-8,10H,3-4H2,1-2H3,(H,16,19)(H,18,20). The van der Waals surface area contributed by atoms with E-state index in [4.69, 9.17) is 11.6 Å². The van der Waals surface area contributed by atoms with E-state index >= 15 is 0 Å². The first-order chi connectivity index (χ1) is 10.1. The maximum absolute atomic E-state index is 12.4. The molecule has 1 amide bonds. The molecular formula is C14H17ClN4OS. The number of amides is 1. The Hall–Kier alpha value is -1.66. The SMILES string of the molecule is CCNc1cc(C(=O)NC(CC)c2nccs2)cc(Cl)n1. The molecule has 1 atom stereocenters. The Bertz CT molecular complexity index is 603. The van der Waals surface area contributed by atoms with Gasteiger partial charge in [0, 0.05) is 23.7 Å². The Morgan fingerprint density at radius 3 is 2.86 bits per heavy atom. The molecule has 2 rings (SSSR count). The summed E-state index contributed by atoms with van der Waals surface area (Å²) < 4.78 is 0. The highest BCUT2D eigenvalue weighted by molar-refractivity contribution is 7.09. The van der Waals surface area contributed by atoms with Crippen molar-refractivity contribution in [3.63, 3.8) is 0 Å². The second-order valence-electron chi connectivity index (χ2n) is 4.40. The summed E-state index contributed by atoms with van der Waals surface area (Å²) in [5.41, 5.74) is 0.487. The normalized spacial score (nSPS) is 12.0. The van der Waals surface area contributed by atoms with Crippen LogP contribution >= 0.6 is 22.9 Å². The van der Waals surface area contributed by atoms with Crippen LogP contribution in [0.3, 0.4) is 0 Å². The summed E-state index contributed by atoms with van der Waals surface area (Å²) in [5.74, 6) is 0.415. The van der Waals surface area contributed by atoms with Crippen LogP contribution in [-0.2, 0) is 0 Å². The van der Waals surface area contributed by atoms with Gasteiger partial charge in [-0.15, -0.1) is 11.3 Å². The number of pyridine rings is 1. The zero-order chi connectivity index (χ0) is 15.2. The van der Waals surface area contributed by atoms with Crippen molar-refractivity contribution in [2.75, 3.05) is 11.9 Å². The van der Waals surface area contributed by atoms with E-state index in [1.807, 2.05) is 19.2 Å². The Labute approximate surface area is 132 Å². The first-order valence-electron chi connectivity index (χ1n) is 6.75. The second-order valence-corrected chi connectivity index (χ2v) is 5.71. The molecule has 2 aromatic heterocycles. The van der Waals surface area contributed by atoms with Crippen molar-refractivity contribution in [1.82, 2.24) is 15.3 Å². The van der Waals surface area contributed by atoms with E-state index in [2.05, 4.69) is 20.6 Å². The van der Waals surface area contributed by atoms with Crippen LogP contribution in [0.25, 0.3) is 0 Å². The van der Waals surface area contributed by atoms with Crippen molar-refractivity contribution in [1.29, 1.82) is 0 Å². The van der Waals surface area contributed by atoms with Crippen molar-refractivity contribution in [3.05, 3.63) is 39.4 Å². The molecular weight excluding hydrogens is 308 g/mol. The highest BCUT2D eigenvalue weighted by atomic mass is 35.5. The van der Waals surface area contributed by atoms with Crippen LogP contribution in [-0.4, -0.2) is 22.4 Å². The minimum absolute atomic E-state index is 0.0907. The fraction of sp³-hybridized carbons (Fsp3) is 0.357. The number of nitrogens with one attached hydrogen (secondary N) is 2. The quantitative estimate of drug-likeness (QED) is 0.798. The number of anilines is 1.